The van der Waals surface area contributed by atoms with Gasteiger partial charge in [-0.3, -0.25) is 4.57 Å². The largest absolute Gasteiger partial charge is 0.378 e. The number of hydrogen-bond acceptors (Lipinski definition) is 4. The van der Waals surface area contributed by atoms with E-state index in [9.17, 15) is 9.67 Å². The summed E-state index contributed by atoms with van der Waals surface area (Å²) in [5.41, 5.74) is 1.56. The van der Waals surface area contributed by atoms with Gasteiger partial charge in [0, 0.05) is 29.6 Å². The van der Waals surface area contributed by atoms with Crippen LogP contribution in [0.3, 0.4) is 0 Å². The smallest absolute Gasteiger partial charge is 0.264 e. The SMILES string of the molecule is CC(C)O[P@](=O)(c1ccc(N(C)C)cc1)[C@H](O)c1ccc(Br)cc1. The number of benzene rings is 2. The molecule has 0 heterocycles. The molecular weight excluding hydrogens is 389 g/mol. The number of aliphatic hydroxyl groups excluding tert-OH is 1. The van der Waals surface area contributed by atoms with Crippen molar-refractivity contribution in [2.75, 3.05) is 19.0 Å². The summed E-state index contributed by atoms with van der Waals surface area (Å²) in [5.74, 6) is -1.21. The van der Waals surface area contributed by atoms with Crippen molar-refractivity contribution in [2.45, 2.75) is 25.8 Å². The summed E-state index contributed by atoms with van der Waals surface area (Å²) in [6, 6.07) is 14.4. The van der Waals surface area contributed by atoms with Crippen LogP contribution in [0.4, 0.5) is 5.69 Å². The van der Waals surface area contributed by atoms with Crippen LogP contribution in [0.2, 0.25) is 0 Å². The average Bonchev–Trinajstić information content (AvgIpc) is 2.54. The number of rotatable bonds is 6. The van der Waals surface area contributed by atoms with E-state index >= 15 is 0 Å². The van der Waals surface area contributed by atoms with Gasteiger partial charge in [0.25, 0.3) is 7.37 Å². The quantitative estimate of drug-likeness (QED) is 0.709. The molecule has 0 aliphatic rings. The molecule has 0 spiro atoms. The monoisotopic (exact) mass is 411 g/mol. The molecule has 2 rings (SSSR count). The fraction of sp³-hybridized carbons (Fsp3) is 0.333. The minimum atomic E-state index is -3.48. The Bertz CT molecular complexity index is 714. The Morgan fingerprint density at radius 3 is 2.04 bits per heavy atom. The van der Waals surface area contributed by atoms with Crippen molar-refractivity contribution in [2.24, 2.45) is 0 Å². The summed E-state index contributed by atoms with van der Waals surface area (Å²) in [6.07, 6.45) is -0.269. The highest BCUT2D eigenvalue weighted by Gasteiger charge is 2.37. The first-order valence-corrected chi connectivity index (χ1v) is 10.2. The van der Waals surface area contributed by atoms with Gasteiger partial charge in [-0.1, -0.05) is 28.1 Å². The Balaban J connectivity index is 2.45. The van der Waals surface area contributed by atoms with Gasteiger partial charge in [-0.15, -0.1) is 0 Å². The van der Waals surface area contributed by atoms with Crippen LogP contribution in [0.15, 0.2) is 53.0 Å². The molecule has 0 fully saturated rings. The van der Waals surface area contributed by atoms with Crippen LogP contribution in [0, 0.1) is 0 Å². The van der Waals surface area contributed by atoms with Crippen molar-refractivity contribution in [3.05, 3.63) is 58.6 Å². The van der Waals surface area contributed by atoms with Crippen LogP contribution in [0.25, 0.3) is 0 Å². The Hall–Kier alpha value is -1.13. The molecular formula is C18H23BrNO3P. The molecule has 24 heavy (non-hydrogen) atoms. The number of halogens is 1. The lowest BCUT2D eigenvalue weighted by Gasteiger charge is -2.27. The Morgan fingerprint density at radius 2 is 1.58 bits per heavy atom. The maximum atomic E-state index is 13.6. The number of anilines is 1. The minimum absolute atomic E-state index is 0.269. The summed E-state index contributed by atoms with van der Waals surface area (Å²) in [7, 11) is 0.396. The third-order valence-corrected chi connectivity index (χ3v) is 6.81. The highest BCUT2D eigenvalue weighted by molar-refractivity contribution is 9.10. The third kappa shape index (κ3) is 4.28. The second-order valence-electron chi connectivity index (χ2n) is 6.09. The summed E-state index contributed by atoms with van der Waals surface area (Å²) in [6.45, 7) is 3.63. The molecule has 0 unspecified atom stereocenters. The van der Waals surface area contributed by atoms with Crippen molar-refractivity contribution >= 4 is 34.3 Å². The summed E-state index contributed by atoms with van der Waals surface area (Å²) in [5, 5.41) is 11.3. The van der Waals surface area contributed by atoms with Crippen LogP contribution in [0.5, 0.6) is 0 Å². The third-order valence-electron chi connectivity index (χ3n) is 3.58. The Morgan fingerprint density at radius 1 is 1.04 bits per heavy atom. The fourth-order valence-corrected chi connectivity index (χ4v) is 4.90. The Kier molecular flexibility index (Phi) is 6.27. The van der Waals surface area contributed by atoms with Gasteiger partial charge in [0.15, 0.2) is 5.85 Å². The summed E-state index contributed by atoms with van der Waals surface area (Å²) < 4.78 is 20.2. The fourth-order valence-electron chi connectivity index (χ4n) is 2.36. The van der Waals surface area contributed by atoms with Crippen molar-refractivity contribution in [1.29, 1.82) is 0 Å². The van der Waals surface area contributed by atoms with Crippen LogP contribution >= 0.6 is 23.3 Å². The van der Waals surface area contributed by atoms with Crippen LogP contribution in [-0.4, -0.2) is 25.3 Å². The molecule has 6 heteroatoms. The first kappa shape index (κ1) is 19.2. The molecule has 2 aromatic carbocycles. The van der Waals surface area contributed by atoms with Gasteiger partial charge in [0.1, 0.15) is 0 Å². The average molecular weight is 412 g/mol. The van der Waals surface area contributed by atoms with E-state index in [0.717, 1.165) is 10.2 Å². The number of aliphatic hydroxyl groups is 1. The van der Waals surface area contributed by atoms with Gasteiger partial charge in [-0.2, -0.15) is 0 Å². The minimum Gasteiger partial charge on any atom is -0.378 e. The zero-order chi connectivity index (χ0) is 17.9. The van der Waals surface area contributed by atoms with Crippen molar-refractivity contribution < 1.29 is 14.2 Å². The van der Waals surface area contributed by atoms with Crippen LogP contribution in [0.1, 0.15) is 25.3 Å². The summed E-state index contributed by atoms with van der Waals surface area (Å²) >= 11 is 3.37. The molecule has 0 saturated heterocycles. The molecule has 0 radical (unpaired) electrons. The topological polar surface area (TPSA) is 49.8 Å². The normalized spacial score (nSPS) is 15.1. The van der Waals surface area contributed by atoms with Gasteiger partial charge in [0.2, 0.25) is 0 Å². The highest BCUT2D eigenvalue weighted by Crippen LogP contribution is 2.58. The van der Waals surface area contributed by atoms with E-state index in [2.05, 4.69) is 15.9 Å². The first-order chi connectivity index (χ1) is 11.2. The van der Waals surface area contributed by atoms with Gasteiger partial charge < -0.3 is 14.5 Å². The van der Waals surface area contributed by atoms with Gasteiger partial charge >= 0.3 is 0 Å². The molecule has 0 amide bonds. The lowest BCUT2D eigenvalue weighted by molar-refractivity contribution is 0.189. The molecule has 0 saturated carbocycles. The molecule has 2 atom stereocenters. The lowest BCUT2D eigenvalue weighted by atomic mass is 10.2. The van der Waals surface area contributed by atoms with Crippen molar-refractivity contribution in [1.82, 2.24) is 0 Å². The van der Waals surface area contributed by atoms with E-state index in [1.807, 2.05) is 57.1 Å². The van der Waals surface area contributed by atoms with Crippen molar-refractivity contribution in [3.8, 4) is 0 Å². The maximum absolute atomic E-state index is 13.6. The molecule has 4 nitrogen and oxygen atoms in total. The molecule has 1 N–H and O–H groups in total. The standard InChI is InChI=1S/C18H23BrNO3P/c1-13(2)23-24(22,17-11-9-16(10-12-17)20(3)4)18(21)14-5-7-15(19)8-6-14/h5-13,18,21H,1-4H3/t18-,24+/m0/s1. The maximum Gasteiger partial charge on any atom is 0.264 e. The zero-order valence-corrected chi connectivity index (χ0v) is 16.8. The predicted octanol–water partition coefficient (Wildman–Crippen LogP) is 4.53. The van der Waals surface area contributed by atoms with E-state index in [-0.39, 0.29) is 6.10 Å². The van der Waals surface area contributed by atoms with E-state index in [1.165, 1.54) is 0 Å². The van der Waals surface area contributed by atoms with Crippen molar-refractivity contribution in [3.63, 3.8) is 0 Å². The molecule has 0 aliphatic carbocycles. The predicted molar refractivity (Wildman–Crippen MR) is 103 cm³/mol. The first-order valence-electron chi connectivity index (χ1n) is 7.73. The van der Waals surface area contributed by atoms with E-state index in [0.29, 0.717) is 10.9 Å². The molecule has 0 bridgehead atoms. The second-order valence-corrected chi connectivity index (χ2v) is 9.41. The van der Waals surface area contributed by atoms with Crippen LogP contribution < -0.4 is 10.2 Å². The second kappa shape index (κ2) is 7.83. The lowest BCUT2D eigenvalue weighted by Crippen LogP contribution is -2.18. The van der Waals surface area contributed by atoms with Gasteiger partial charge in [-0.05, 0) is 55.8 Å². The highest BCUT2D eigenvalue weighted by atomic mass is 79.9. The number of nitrogens with zero attached hydrogens (tertiary/aromatic N) is 1. The van der Waals surface area contributed by atoms with Crippen LogP contribution in [-0.2, 0) is 9.09 Å². The van der Waals surface area contributed by atoms with E-state index in [1.54, 1.807) is 24.3 Å². The van der Waals surface area contributed by atoms with E-state index in [4.69, 9.17) is 4.52 Å². The summed E-state index contributed by atoms with van der Waals surface area (Å²) in [4.78, 5) is 1.96. The zero-order valence-electron chi connectivity index (χ0n) is 14.3. The van der Waals surface area contributed by atoms with Gasteiger partial charge in [-0.25, -0.2) is 0 Å². The molecule has 130 valence electrons. The molecule has 2 aromatic rings. The van der Waals surface area contributed by atoms with Gasteiger partial charge in [0.05, 0.1) is 6.10 Å². The number of hydrogen-bond donors (Lipinski definition) is 1. The molecule has 0 aromatic heterocycles. The molecule has 0 aliphatic heterocycles. The van der Waals surface area contributed by atoms with E-state index < -0.39 is 13.2 Å². The Labute approximate surface area is 152 Å².